The highest BCUT2D eigenvalue weighted by Crippen LogP contribution is 2.32. The van der Waals surface area contributed by atoms with Gasteiger partial charge in [0.2, 0.25) is 0 Å². The lowest BCUT2D eigenvalue weighted by molar-refractivity contribution is -0.125. The second-order valence-electron chi connectivity index (χ2n) is 15.8. The number of hydrogen-bond donors (Lipinski definition) is 1. The number of rotatable bonds is 6. The van der Waals surface area contributed by atoms with Crippen molar-refractivity contribution in [3.05, 3.63) is 72.3 Å². The van der Waals surface area contributed by atoms with Gasteiger partial charge in [-0.25, -0.2) is 0 Å². The first kappa shape index (κ1) is 42.6. The summed E-state index contributed by atoms with van der Waals surface area (Å²) in [5.74, 6) is 1.19. The fourth-order valence-corrected chi connectivity index (χ4v) is 5.62. The van der Waals surface area contributed by atoms with Crippen LogP contribution in [0.2, 0.25) is 0 Å². The molecule has 5 saturated carbocycles. The van der Waals surface area contributed by atoms with Crippen LogP contribution in [0.1, 0.15) is 90.5 Å². The largest absolute Gasteiger partial charge is 0.393 e. The van der Waals surface area contributed by atoms with Gasteiger partial charge < -0.3 is 14.6 Å². The molecule has 0 unspecified atom stereocenters. The zero-order valence-corrected chi connectivity index (χ0v) is 31.4. The Balaban J connectivity index is 0.000000195. The minimum Gasteiger partial charge on any atom is -0.393 e. The third kappa shape index (κ3) is 15.8. The highest BCUT2D eigenvalue weighted by Gasteiger charge is 2.31. The Morgan fingerprint density at radius 3 is 1.43 bits per heavy atom. The van der Waals surface area contributed by atoms with Gasteiger partial charge in [0.05, 0.1) is 91.5 Å². The van der Waals surface area contributed by atoms with Crippen molar-refractivity contribution >= 4 is 5.78 Å². The van der Waals surface area contributed by atoms with E-state index < -0.39 is 0 Å². The Bertz CT molecular complexity index is 1620. The van der Waals surface area contributed by atoms with Crippen LogP contribution in [-0.2, 0) is 20.9 Å². The van der Waals surface area contributed by atoms with Crippen molar-refractivity contribution in [3.8, 4) is 41.5 Å². The van der Waals surface area contributed by atoms with E-state index in [1.807, 2.05) is 12.1 Å². The molecule has 0 radical (unpaired) electrons. The van der Waals surface area contributed by atoms with Crippen molar-refractivity contribution in [2.45, 2.75) is 110 Å². The average molecular weight is 716 g/mol. The molecule has 0 atom stereocenters. The molecule has 5 aliphatic carbocycles. The van der Waals surface area contributed by atoms with Gasteiger partial charge in [0.25, 0.3) is 0 Å². The smallest absolute Gasteiger partial charge is 0.135 e. The van der Waals surface area contributed by atoms with Gasteiger partial charge in [0.15, 0.2) is 0 Å². The molecule has 0 saturated heterocycles. The molecule has 278 valence electrons. The normalized spacial score (nSPS) is 25.1. The Kier molecular flexibility index (Phi) is 17.4. The Morgan fingerprint density at radius 2 is 1.08 bits per heavy atom. The summed E-state index contributed by atoms with van der Waals surface area (Å²) in [4.78, 5) is 10.1. The third-order valence-electron chi connectivity index (χ3n) is 9.53. The molecular weight excluding hydrogens is 663 g/mol. The summed E-state index contributed by atoms with van der Waals surface area (Å²) >= 11 is 0. The Morgan fingerprint density at radius 1 is 0.642 bits per heavy atom. The number of carbonyl (C=O) groups is 1. The maximum atomic E-state index is 10.1. The molecular formula is C44H53N5O4. The van der Waals surface area contributed by atoms with Gasteiger partial charge in [0.1, 0.15) is 5.78 Å². The quantitative estimate of drug-likeness (QED) is 0.287. The van der Waals surface area contributed by atoms with Crippen LogP contribution in [0.3, 0.4) is 0 Å². The van der Waals surface area contributed by atoms with Gasteiger partial charge in [-0.2, -0.15) is 26.3 Å². The van der Waals surface area contributed by atoms with Crippen molar-refractivity contribution < 1.29 is 19.4 Å². The number of ketones is 1. The second-order valence-corrected chi connectivity index (χ2v) is 15.8. The van der Waals surface area contributed by atoms with Crippen molar-refractivity contribution in [1.82, 2.24) is 0 Å². The number of benzene rings is 2. The number of aliphatic hydroxyl groups excluding tert-OH is 1. The lowest BCUT2D eigenvalue weighted by Gasteiger charge is -2.32. The number of allylic oxidation sites excluding steroid dienone is 1. The monoisotopic (exact) mass is 715 g/mol. The van der Waals surface area contributed by atoms with Crippen molar-refractivity contribution in [1.29, 1.82) is 26.3 Å². The summed E-state index contributed by atoms with van der Waals surface area (Å²) in [5, 5.41) is 50.3. The van der Waals surface area contributed by atoms with E-state index in [4.69, 9.17) is 40.9 Å². The van der Waals surface area contributed by atoms with Crippen LogP contribution in [0.15, 0.2) is 66.7 Å². The minimum absolute atomic E-state index is 0.0486. The molecule has 0 bridgehead atoms. The molecule has 5 aliphatic rings. The number of carbonyl (C=O) groups excluding carboxylic acids is 1. The molecule has 53 heavy (non-hydrogen) atoms. The number of nitrogens with zero attached hydrogens (tertiary/aromatic N) is 5. The first-order valence-electron chi connectivity index (χ1n) is 18.6. The predicted octanol–water partition coefficient (Wildman–Crippen LogP) is 8.77. The lowest BCUT2D eigenvalue weighted by Crippen LogP contribution is -2.33. The van der Waals surface area contributed by atoms with Crippen LogP contribution in [0, 0.1) is 91.7 Å². The molecule has 0 spiro atoms. The topological polar surface area (TPSA) is 175 Å². The summed E-state index contributed by atoms with van der Waals surface area (Å²) in [6.45, 7) is 11.6. The maximum absolute atomic E-state index is 10.1. The average Bonchev–Trinajstić information content (AvgIpc) is 3.07. The van der Waals surface area contributed by atoms with Crippen LogP contribution >= 0.6 is 0 Å². The number of nitriles is 5. The standard InChI is InChI=1S/C18H17NO.C10H17NO.C6H7N.C5H7NO.C5H5NO/c19-12-15-10-18(11-15)20-13-14-6-8-17(9-7-14)16-4-2-1-3-5-16;1-10(2,3)7-12-9-4-8(5-9)6-11;1-5-2-6(3-5)4-7;2*6-3-4-1-5(7)2-4/h1-9,15,18H,10-11,13H2;8-9H,4-5,7H2,1-3H3;6H,1-3H2;4-5,7H,1-2H2;4H,1-2H2. The summed E-state index contributed by atoms with van der Waals surface area (Å²) < 4.78 is 11.4. The molecule has 1 N–H and O–H groups in total. The summed E-state index contributed by atoms with van der Waals surface area (Å²) in [6, 6.07) is 29.6. The van der Waals surface area contributed by atoms with E-state index in [0.29, 0.717) is 44.3 Å². The van der Waals surface area contributed by atoms with E-state index in [-0.39, 0.29) is 47.1 Å². The second kappa shape index (κ2) is 21.6. The van der Waals surface area contributed by atoms with Crippen LogP contribution in [0.25, 0.3) is 11.1 Å². The fourth-order valence-electron chi connectivity index (χ4n) is 5.62. The van der Waals surface area contributed by atoms with E-state index in [1.54, 1.807) is 0 Å². The van der Waals surface area contributed by atoms with Gasteiger partial charge in [0, 0.05) is 12.8 Å². The van der Waals surface area contributed by atoms with Crippen molar-refractivity contribution in [3.63, 3.8) is 0 Å². The Hall–Kier alpha value is -4.82. The summed E-state index contributed by atoms with van der Waals surface area (Å²) in [6.07, 6.45) is 8.36. The number of ether oxygens (including phenoxy) is 2. The Labute approximate surface area is 316 Å². The highest BCUT2D eigenvalue weighted by atomic mass is 16.5. The first-order valence-corrected chi connectivity index (χ1v) is 18.6. The molecule has 9 heteroatoms. The van der Waals surface area contributed by atoms with Crippen molar-refractivity contribution in [2.75, 3.05) is 6.61 Å². The van der Waals surface area contributed by atoms with Gasteiger partial charge in [-0.3, -0.25) is 4.79 Å². The van der Waals surface area contributed by atoms with E-state index in [9.17, 15) is 4.79 Å². The van der Waals surface area contributed by atoms with E-state index in [1.165, 1.54) is 22.3 Å². The fraction of sp³-hybridized carbons (Fsp3) is 0.545. The summed E-state index contributed by atoms with van der Waals surface area (Å²) in [5.41, 5.74) is 5.12. The zero-order valence-electron chi connectivity index (χ0n) is 31.4. The molecule has 0 aliphatic heterocycles. The highest BCUT2D eigenvalue weighted by molar-refractivity contribution is 5.85. The zero-order chi connectivity index (χ0) is 38.8. The van der Waals surface area contributed by atoms with Gasteiger partial charge in [-0.15, -0.1) is 0 Å². The van der Waals surface area contributed by atoms with Crippen LogP contribution in [0.4, 0.5) is 0 Å². The van der Waals surface area contributed by atoms with Crippen LogP contribution in [-0.4, -0.2) is 35.8 Å². The third-order valence-corrected chi connectivity index (χ3v) is 9.53. The van der Waals surface area contributed by atoms with Crippen LogP contribution < -0.4 is 0 Å². The maximum Gasteiger partial charge on any atom is 0.135 e. The molecule has 7 rings (SSSR count). The van der Waals surface area contributed by atoms with Crippen molar-refractivity contribution in [2.24, 2.45) is 35.0 Å². The molecule has 0 amide bonds. The molecule has 2 aromatic carbocycles. The molecule has 0 heterocycles. The van der Waals surface area contributed by atoms with Gasteiger partial charge in [-0.05, 0) is 73.5 Å². The lowest BCUT2D eigenvalue weighted by atomic mass is 9.82. The molecule has 5 fully saturated rings. The molecule has 0 aromatic heterocycles. The van der Waals surface area contributed by atoms with Crippen LogP contribution in [0.5, 0.6) is 0 Å². The molecule has 9 nitrogen and oxygen atoms in total. The predicted molar refractivity (Wildman–Crippen MR) is 201 cm³/mol. The SMILES string of the molecule is C=C1CC(C#N)C1.CC(C)(C)COC1CC(C#N)C1.N#CC1CC(=O)C1.N#CC1CC(O)C1.N#CC1CC(OCc2ccc(-c3ccccc3)cc2)C1. The van der Waals surface area contributed by atoms with E-state index in [0.717, 1.165) is 45.1 Å². The molecule has 2 aromatic rings. The first-order chi connectivity index (χ1) is 25.3. The number of Topliss-reactive ketones (excluding diaryl/α,β-unsaturated/α-hetero) is 1. The van der Waals surface area contributed by atoms with Gasteiger partial charge >= 0.3 is 0 Å². The summed E-state index contributed by atoms with van der Waals surface area (Å²) in [7, 11) is 0. The van der Waals surface area contributed by atoms with E-state index in [2.05, 4.69) is 100 Å². The number of hydrogen-bond acceptors (Lipinski definition) is 9. The minimum atomic E-state index is -0.176. The van der Waals surface area contributed by atoms with Gasteiger partial charge in [-0.1, -0.05) is 87.5 Å². The van der Waals surface area contributed by atoms with E-state index >= 15 is 0 Å². The number of aliphatic hydroxyl groups is 1.